The van der Waals surface area contributed by atoms with Crippen LogP contribution in [0.1, 0.15) is 52.4 Å². The lowest BCUT2D eigenvalue weighted by molar-refractivity contribution is -0.137. The predicted octanol–water partition coefficient (Wildman–Crippen LogP) is 1.68. The zero-order chi connectivity index (χ0) is 15.3. The molecule has 0 spiro atoms. The molecule has 20 heavy (non-hydrogen) atoms. The smallest absolute Gasteiger partial charge is 0.318 e. The molecule has 7 heteroatoms. The second kappa shape index (κ2) is 7.38. The Bertz CT molecular complexity index is 418. The fourth-order valence-electron chi connectivity index (χ4n) is 2.60. The monoisotopic (exact) mass is 306 g/mol. The standard InChI is InChI=1S/C13H26N2O4S/c1-4-11(2)15(10-13(16)17)20(18,19)14(3)12-8-6-5-7-9-12/h11-12H,4-10H2,1-3H3,(H,16,17). The molecule has 1 rings (SSSR count). The van der Waals surface area contributed by atoms with Gasteiger partial charge in [0.25, 0.3) is 10.2 Å². The summed E-state index contributed by atoms with van der Waals surface area (Å²) in [4.78, 5) is 11.0. The summed E-state index contributed by atoms with van der Waals surface area (Å²) in [5.41, 5.74) is 0. The lowest BCUT2D eigenvalue weighted by Crippen LogP contribution is -2.51. The number of carboxylic acid groups (broad SMARTS) is 1. The molecule has 0 bridgehead atoms. The van der Waals surface area contributed by atoms with E-state index in [1.165, 1.54) is 4.31 Å². The van der Waals surface area contributed by atoms with E-state index in [2.05, 4.69) is 0 Å². The first-order chi connectivity index (χ1) is 9.30. The van der Waals surface area contributed by atoms with Crippen LogP contribution in [-0.2, 0) is 15.0 Å². The number of aliphatic carboxylic acids is 1. The van der Waals surface area contributed by atoms with Gasteiger partial charge in [-0.15, -0.1) is 0 Å². The SMILES string of the molecule is CCC(C)N(CC(=O)O)S(=O)(=O)N(C)C1CCCCC1. The van der Waals surface area contributed by atoms with Gasteiger partial charge in [0.15, 0.2) is 0 Å². The summed E-state index contributed by atoms with van der Waals surface area (Å²) >= 11 is 0. The van der Waals surface area contributed by atoms with E-state index in [0.717, 1.165) is 36.4 Å². The van der Waals surface area contributed by atoms with E-state index in [-0.39, 0.29) is 12.1 Å². The number of nitrogens with zero attached hydrogens (tertiary/aromatic N) is 2. The molecule has 0 heterocycles. The Balaban J connectivity index is 2.92. The van der Waals surface area contributed by atoms with Crippen LogP contribution >= 0.6 is 0 Å². The molecule has 1 aliphatic rings. The number of carboxylic acids is 1. The Morgan fingerprint density at radius 1 is 1.30 bits per heavy atom. The molecule has 1 atom stereocenters. The highest BCUT2D eigenvalue weighted by Gasteiger charge is 2.35. The lowest BCUT2D eigenvalue weighted by Gasteiger charge is -2.36. The largest absolute Gasteiger partial charge is 0.480 e. The van der Waals surface area contributed by atoms with Crippen molar-refractivity contribution in [2.45, 2.75) is 64.5 Å². The molecule has 1 fully saturated rings. The van der Waals surface area contributed by atoms with Crippen LogP contribution < -0.4 is 0 Å². The minimum absolute atomic E-state index is 0.00546. The topological polar surface area (TPSA) is 77.9 Å². The van der Waals surface area contributed by atoms with Crippen LogP contribution in [0.3, 0.4) is 0 Å². The van der Waals surface area contributed by atoms with Gasteiger partial charge in [-0.25, -0.2) is 0 Å². The van der Waals surface area contributed by atoms with E-state index >= 15 is 0 Å². The maximum Gasteiger partial charge on any atom is 0.318 e. The van der Waals surface area contributed by atoms with Gasteiger partial charge < -0.3 is 5.11 Å². The number of carbonyl (C=O) groups is 1. The van der Waals surface area contributed by atoms with Gasteiger partial charge >= 0.3 is 5.97 Å². The molecule has 118 valence electrons. The van der Waals surface area contributed by atoms with Crippen molar-refractivity contribution in [1.82, 2.24) is 8.61 Å². The van der Waals surface area contributed by atoms with E-state index in [0.29, 0.717) is 6.42 Å². The molecular weight excluding hydrogens is 280 g/mol. The molecule has 1 unspecified atom stereocenters. The van der Waals surface area contributed by atoms with Gasteiger partial charge in [-0.3, -0.25) is 4.79 Å². The van der Waals surface area contributed by atoms with Gasteiger partial charge in [0.2, 0.25) is 0 Å². The van der Waals surface area contributed by atoms with Crippen LogP contribution in [0.25, 0.3) is 0 Å². The van der Waals surface area contributed by atoms with Crippen molar-refractivity contribution in [1.29, 1.82) is 0 Å². The predicted molar refractivity (Wildman–Crippen MR) is 77.7 cm³/mol. The van der Waals surface area contributed by atoms with Crippen LogP contribution in [0.15, 0.2) is 0 Å². The third-order valence-electron chi connectivity index (χ3n) is 4.12. The van der Waals surface area contributed by atoms with Crippen molar-refractivity contribution < 1.29 is 18.3 Å². The molecule has 0 aromatic carbocycles. The van der Waals surface area contributed by atoms with E-state index < -0.39 is 22.7 Å². The average Bonchev–Trinajstić information content (AvgIpc) is 2.43. The molecule has 1 saturated carbocycles. The fraction of sp³-hybridized carbons (Fsp3) is 0.923. The zero-order valence-corrected chi connectivity index (χ0v) is 13.4. The molecule has 0 saturated heterocycles. The minimum atomic E-state index is -3.72. The summed E-state index contributed by atoms with van der Waals surface area (Å²) in [7, 11) is -2.15. The molecular formula is C13H26N2O4S. The summed E-state index contributed by atoms with van der Waals surface area (Å²) in [5.74, 6) is -1.12. The molecule has 6 nitrogen and oxygen atoms in total. The number of rotatable bonds is 7. The lowest BCUT2D eigenvalue weighted by atomic mass is 9.96. The minimum Gasteiger partial charge on any atom is -0.480 e. The first-order valence-electron chi connectivity index (χ1n) is 7.27. The highest BCUT2D eigenvalue weighted by molar-refractivity contribution is 7.86. The van der Waals surface area contributed by atoms with E-state index in [9.17, 15) is 13.2 Å². The summed E-state index contributed by atoms with van der Waals surface area (Å²) in [6, 6.07) is -0.323. The fourth-order valence-corrected chi connectivity index (χ4v) is 4.40. The van der Waals surface area contributed by atoms with Crippen LogP contribution in [0.2, 0.25) is 0 Å². The Morgan fingerprint density at radius 2 is 1.85 bits per heavy atom. The van der Waals surface area contributed by atoms with Gasteiger partial charge in [0.05, 0.1) is 0 Å². The molecule has 1 N–H and O–H groups in total. The molecule has 1 aliphatic carbocycles. The zero-order valence-electron chi connectivity index (χ0n) is 12.6. The van der Waals surface area contributed by atoms with Crippen molar-refractivity contribution in [3.05, 3.63) is 0 Å². The quantitative estimate of drug-likeness (QED) is 0.776. The van der Waals surface area contributed by atoms with Gasteiger partial charge in [-0.1, -0.05) is 26.2 Å². The normalized spacial score (nSPS) is 19.4. The van der Waals surface area contributed by atoms with Crippen LogP contribution in [0.5, 0.6) is 0 Å². The molecule has 0 amide bonds. The maximum absolute atomic E-state index is 12.7. The Kier molecular flexibility index (Phi) is 6.42. The van der Waals surface area contributed by atoms with Crippen LogP contribution in [0, 0.1) is 0 Å². The summed E-state index contributed by atoms with van der Waals surface area (Å²) < 4.78 is 27.8. The Labute approximate surface area is 121 Å². The van der Waals surface area contributed by atoms with Crippen molar-refractivity contribution in [2.24, 2.45) is 0 Å². The van der Waals surface area contributed by atoms with Crippen molar-refractivity contribution >= 4 is 16.2 Å². The molecule has 0 aliphatic heterocycles. The van der Waals surface area contributed by atoms with Gasteiger partial charge in [0.1, 0.15) is 6.54 Å². The average molecular weight is 306 g/mol. The molecule has 0 aromatic rings. The number of hydrogen-bond donors (Lipinski definition) is 1. The molecule has 0 aromatic heterocycles. The summed E-state index contributed by atoms with van der Waals surface area (Å²) in [5, 5.41) is 8.96. The van der Waals surface area contributed by atoms with Crippen molar-refractivity contribution in [3.63, 3.8) is 0 Å². The maximum atomic E-state index is 12.7. The van der Waals surface area contributed by atoms with E-state index in [1.807, 2.05) is 6.92 Å². The van der Waals surface area contributed by atoms with E-state index in [1.54, 1.807) is 14.0 Å². The number of hydrogen-bond acceptors (Lipinski definition) is 3. The van der Waals surface area contributed by atoms with Gasteiger partial charge in [-0.05, 0) is 26.2 Å². The first-order valence-corrected chi connectivity index (χ1v) is 8.67. The third kappa shape index (κ3) is 4.17. The second-order valence-electron chi connectivity index (χ2n) is 5.51. The van der Waals surface area contributed by atoms with Crippen LogP contribution in [0.4, 0.5) is 0 Å². The Hall–Kier alpha value is -0.660. The van der Waals surface area contributed by atoms with Gasteiger partial charge in [-0.2, -0.15) is 17.0 Å². The highest BCUT2D eigenvalue weighted by atomic mass is 32.2. The Morgan fingerprint density at radius 3 is 2.30 bits per heavy atom. The van der Waals surface area contributed by atoms with Crippen molar-refractivity contribution in [2.75, 3.05) is 13.6 Å². The van der Waals surface area contributed by atoms with Crippen LogP contribution in [-0.4, -0.2) is 53.8 Å². The molecule has 0 radical (unpaired) electrons. The van der Waals surface area contributed by atoms with Gasteiger partial charge in [0, 0.05) is 19.1 Å². The second-order valence-corrected chi connectivity index (χ2v) is 7.45. The highest BCUT2D eigenvalue weighted by Crippen LogP contribution is 2.25. The summed E-state index contributed by atoms with van der Waals surface area (Å²) in [6.45, 7) is 3.12. The summed E-state index contributed by atoms with van der Waals surface area (Å²) in [6.07, 6.45) is 5.52. The third-order valence-corrected chi connectivity index (χ3v) is 6.23. The van der Waals surface area contributed by atoms with E-state index in [4.69, 9.17) is 5.11 Å². The first kappa shape index (κ1) is 17.4. The van der Waals surface area contributed by atoms with Crippen molar-refractivity contribution in [3.8, 4) is 0 Å².